The molecule has 0 saturated carbocycles. The highest BCUT2D eigenvalue weighted by Gasteiger charge is 2.10. The van der Waals surface area contributed by atoms with Crippen LogP contribution in [0.2, 0.25) is 0 Å². The van der Waals surface area contributed by atoms with Gasteiger partial charge in [-0.05, 0) is 24.0 Å². The van der Waals surface area contributed by atoms with E-state index in [1.807, 2.05) is 0 Å². The van der Waals surface area contributed by atoms with Gasteiger partial charge in [-0.1, -0.05) is 32.0 Å². The molecule has 0 amide bonds. The minimum atomic E-state index is -0.968. The third-order valence-electron chi connectivity index (χ3n) is 3.18. The van der Waals surface area contributed by atoms with Gasteiger partial charge in [-0.15, -0.1) is 11.3 Å². The Morgan fingerprint density at radius 2 is 1.95 bits per heavy atom. The summed E-state index contributed by atoms with van der Waals surface area (Å²) >= 11 is 1.16. The van der Waals surface area contributed by atoms with Crippen molar-refractivity contribution in [1.82, 2.24) is 4.98 Å². The van der Waals surface area contributed by atoms with Crippen molar-refractivity contribution in [3.05, 3.63) is 45.4 Å². The second kappa shape index (κ2) is 6.52. The number of thiazole rings is 1. The van der Waals surface area contributed by atoms with Crippen LogP contribution in [0.4, 0.5) is 5.69 Å². The molecular weight excluding hydrogens is 272 g/mol. The van der Waals surface area contributed by atoms with Crippen LogP contribution in [-0.2, 0) is 19.4 Å². The first kappa shape index (κ1) is 14.5. The second-order valence-corrected chi connectivity index (χ2v) is 5.32. The summed E-state index contributed by atoms with van der Waals surface area (Å²) in [6, 6.07) is 6.31. The molecule has 0 fully saturated rings. The average molecular weight is 290 g/mol. The van der Waals surface area contributed by atoms with Gasteiger partial charge in [0.25, 0.3) is 0 Å². The molecule has 2 rings (SSSR count). The number of nitrogens with one attached hydrogen (secondary N) is 1. The average Bonchev–Trinajstić information content (AvgIpc) is 2.93. The van der Waals surface area contributed by atoms with Gasteiger partial charge in [0.1, 0.15) is 0 Å². The van der Waals surface area contributed by atoms with E-state index in [1.54, 1.807) is 5.38 Å². The Labute approximate surface area is 122 Å². The third kappa shape index (κ3) is 3.17. The Morgan fingerprint density at radius 1 is 1.30 bits per heavy atom. The normalized spacial score (nSPS) is 10.5. The lowest BCUT2D eigenvalue weighted by Crippen LogP contribution is -2.06. The summed E-state index contributed by atoms with van der Waals surface area (Å²) in [4.78, 5) is 14.9. The minimum Gasteiger partial charge on any atom is -0.476 e. The largest absolute Gasteiger partial charge is 0.476 e. The molecule has 4 nitrogen and oxygen atoms in total. The van der Waals surface area contributed by atoms with E-state index >= 15 is 0 Å². The van der Waals surface area contributed by atoms with Gasteiger partial charge in [-0.2, -0.15) is 0 Å². The molecule has 5 heteroatoms. The quantitative estimate of drug-likeness (QED) is 0.853. The molecule has 0 saturated heterocycles. The number of para-hydroxylation sites is 1. The molecule has 0 spiro atoms. The maximum Gasteiger partial charge on any atom is 0.365 e. The number of aromatic carboxylic acids is 1. The molecule has 1 aromatic heterocycles. The van der Waals surface area contributed by atoms with Crippen LogP contribution in [0.3, 0.4) is 0 Å². The van der Waals surface area contributed by atoms with Crippen molar-refractivity contribution in [2.24, 2.45) is 0 Å². The number of carboxylic acids is 1. The van der Waals surface area contributed by atoms with Gasteiger partial charge in [0, 0.05) is 11.1 Å². The molecular formula is C15H18N2O2S. The minimum absolute atomic E-state index is 0.140. The summed E-state index contributed by atoms with van der Waals surface area (Å²) < 4.78 is 0. The number of aryl methyl sites for hydroxylation is 2. The van der Waals surface area contributed by atoms with Crippen LogP contribution in [0.15, 0.2) is 23.6 Å². The van der Waals surface area contributed by atoms with Crippen LogP contribution in [0.5, 0.6) is 0 Å². The highest BCUT2D eigenvalue weighted by atomic mass is 32.1. The second-order valence-electron chi connectivity index (χ2n) is 4.46. The van der Waals surface area contributed by atoms with Gasteiger partial charge >= 0.3 is 5.97 Å². The van der Waals surface area contributed by atoms with Crippen molar-refractivity contribution < 1.29 is 9.90 Å². The molecule has 1 heterocycles. The summed E-state index contributed by atoms with van der Waals surface area (Å²) in [5.74, 6) is -0.968. The van der Waals surface area contributed by atoms with Crippen LogP contribution < -0.4 is 5.32 Å². The van der Waals surface area contributed by atoms with E-state index in [1.165, 1.54) is 11.1 Å². The smallest absolute Gasteiger partial charge is 0.365 e. The van der Waals surface area contributed by atoms with Gasteiger partial charge in [0.15, 0.2) is 0 Å². The van der Waals surface area contributed by atoms with Crippen LogP contribution in [0.1, 0.15) is 40.5 Å². The Balaban J connectivity index is 2.15. The van der Waals surface area contributed by atoms with Gasteiger partial charge in [-0.25, -0.2) is 9.78 Å². The molecule has 0 aliphatic heterocycles. The lowest BCUT2D eigenvalue weighted by atomic mass is 10.0. The molecule has 0 aliphatic carbocycles. The monoisotopic (exact) mass is 290 g/mol. The summed E-state index contributed by atoms with van der Waals surface area (Å²) in [7, 11) is 0. The molecule has 0 radical (unpaired) electrons. The first-order chi connectivity index (χ1) is 9.65. The van der Waals surface area contributed by atoms with Gasteiger partial charge in [-0.3, -0.25) is 0 Å². The maximum atomic E-state index is 10.8. The number of carbonyl (C=O) groups is 1. The molecule has 0 bridgehead atoms. The Kier molecular flexibility index (Phi) is 4.74. The molecule has 0 atom stereocenters. The van der Waals surface area contributed by atoms with Crippen LogP contribution >= 0.6 is 11.3 Å². The SMILES string of the molecule is CCc1cccc(CC)c1NCc1csc(C(=O)O)n1. The summed E-state index contributed by atoms with van der Waals surface area (Å²) in [5.41, 5.74) is 4.47. The summed E-state index contributed by atoms with van der Waals surface area (Å²) in [6.07, 6.45) is 1.93. The van der Waals surface area contributed by atoms with Gasteiger partial charge in [0.2, 0.25) is 5.01 Å². The number of anilines is 1. The summed E-state index contributed by atoms with van der Waals surface area (Å²) in [5, 5.41) is 14.2. The van der Waals surface area contributed by atoms with Crippen LogP contribution in [0, 0.1) is 0 Å². The highest BCUT2D eigenvalue weighted by molar-refractivity contribution is 7.11. The number of aromatic nitrogens is 1. The zero-order chi connectivity index (χ0) is 14.5. The van der Waals surface area contributed by atoms with E-state index in [2.05, 4.69) is 42.3 Å². The van der Waals surface area contributed by atoms with Gasteiger partial charge < -0.3 is 10.4 Å². The lowest BCUT2D eigenvalue weighted by Gasteiger charge is -2.14. The van der Waals surface area contributed by atoms with E-state index in [0.29, 0.717) is 6.54 Å². The van der Waals surface area contributed by atoms with E-state index < -0.39 is 5.97 Å². The fourth-order valence-electron chi connectivity index (χ4n) is 2.13. The van der Waals surface area contributed by atoms with Crippen molar-refractivity contribution in [3.8, 4) is 0 Å². The van der Waals surface area contributed by atoms with E-state index in [-0.39, 0.29) is 5.01 Å². The summed E-state index contributed by atoms with van der Waals surface area (Å²) in [6.45, 7) is 4.81. The molecule has 0 aliphatic rings. The molecule has 2 N–H and O–H groups in total. The van der Waals surface area contributed by atoms with Crippen molar-refractivity contribution in [3.63, 3.8) is 0 Å². The van der Waals surface area contributed by atoms with Crippen molar-refractivity contribution in [1.29, 1.82) is 0 Å². The molecule has 0 unspecified atom stereocenters. The van der Waals surface area contributed by atoms with Crippen molar-refractivity contribution in [2.75, 3.05) is 5.32 Å². The number of rotatable bonds is 6. The van der Waals surface area contributed by atoms with Crippen molar-refractivity contribution >= 4 is 23.0 Å². The Hall–Kier alpha value is -1.88. The maximum absolute atomic E-state index is 10.8. The van der Waals surface area contributed by atoms with Crippen LogP contribution in [-0.4, -0.2) is 16.1 Å². The number of hydrogen-bond acceptors (Lipinski definition) is 4. The highest BCUT2D eigenvalue weighted by Crippen LogP contribution is 2.23. The zero-order valence-electron chi connectivity index (χ0n) is 11.6. The van der Waals surface area contributed by atoms with Gasteiger partial charge in [0.05, 0.1) is 12.2 Å². The van der Waals surface area contributed by atoms with E-state index in [0.717, 1.165) is 35.6 Å². The number of nitrogens with zero attached hydrogens (tertiary/aromatic N) is 1. The molecule has 106 valence electrons. The van der Waals surface area contributed by atoms with E-state index in [9.17, 15) is 4.79 Å². The van der Waals surface area contributed by atoms with Crippen LogP contribution in [0.25, 0.3) is 0 Å². The van der Waals surface area contributed by atoms with Crippen molar-refractivity contribution in [2.45, 2.75) is 33.2 Å². The number of hydrogen-bond donors (Lipinski definition) is 2. The Bertz CT molecular complexity index is 585. The fourth-order valence-corrected chi connectivity index (χ4v) is 2.79. The standard InChI is InChI=1S/C15H18N2O2S/c1-3-10-6-5-7-11(4-2)13(10)16-8-12-9-20-14(17-12)15(18)19/h5-7,9,16H,3-4,8H2,1-2H3,(H,18,19). The first-order valence-electron chi connectivity index (χ1n) is 6.68. The Morgan fingerprint density at radius 3 is 2.45 bits per heavy atom. The lowest BCUT2D eigenvalue weighted by molar-refractivity contribution is 0.0696. The number of benzene rings is 1. The molecule has 20 heavy (non-hydrogen) atoms. The number of carboxylic acid groups (broad SMARTS) is 1. The fraction of sp³-hybridized carbons (Fsp3) is 0.333. The first-order valence-corrected chi connectivity index (χ1v) is 7.56. The van der Waals surface area contributed by atoms with E-state index in [4.69, 9.17) is 5.11 Å². The zero-order valence-corrected chi connectivity index (χ0v) is 12.5. The predicted octanol–water partition coefficient (Wildman–Crippen LogP) is 3.58. The predicted molar refractivity (Wildman–Crippen MR) is 81.6 cm³/mol. The topological polar surface area (TPSA) is 62.2 Å². The third-order valence-corrected chi connectivity index (χ3v) is 4.06. The molecule has 1 aromatic carbocycles. The molecule has 2 aromatic rings.